The van der Waals surface area contributed by atoms with Crippen LogP contribution in [0.5, 0.6) is 0 Å². The summed E-state index contributed by atoms with van der Waals surface area (Å²) in [4.78, 5) is 134. The van der Waals surface area contributed by atoms with Crippen molar-refractivity contribution in [3.8, 4) is 11.4 Å². The number of carbonyl (C=O) groups excluding carboxylic acids is 9. The number of aromatic nitrogens is 2. The first-order chi connectivity index (χ1) is 36.4. The minimum atomic E-state index is -2.05. The first-order valence-corrected chi connectivity index (χ1v) is 25.0. The molecule has 5 heterocycles. The van der Waals surface area contributed by atoms with Gasteiger partial charge in [-0.2, -0.15) is 0 Å². The van der Waals surface area contributed by atoms with Gasteiger partial charge in [0.1, 0.15) is 31.8 Å². The number of nitrogens with zero attached hydrogens (tertiary/aromatic N) is 3. The molecule has 0 fully saturated rings. The zero-order valence-electron chi connectivity index (χ0n) is 42.2. The third-order valence-electron chi connectivity index (χ3n) is 14.0. The molecule has 400 valence electrons. The molecule has 0 radical (unpaired) electrons. The molecule has 0 saturated carbocycles. The molecule has 4 aromatic rings. The van der Waals surface area contributed by atoms with E-state index in [0.29, 0.717) is 82.2 Å². The number of nitrogens with one attached hydrogen (secondary N) is 6. The van der Waals surface area contributed by atoms with Crippen LogP contribution in [0.2, 0.25) is 0 Å². The molecule has 8 rings (SSSR count). The number of unbranched alkanes of at least 4 members (excludes halogenated alkanes) is 2. The monoisotopic (exact) mass is 1050 g/mol. The van der Waals surface area contributed by atoms with Gasteiger partial charge in [-0.3, -0.25) is 48.1 Å². The van der Waals surface area contributed by atoms with Crippen molar-refractivity contribution in [1.82, 2.24) is 46.4 Å². The highest BCUT2D eigenvalue weighted by molar-refractivity contribution is 6.15. The van der Waals surface area contributed by atoms with Gasteiger partial charge >= 0.3 is 5.97 Å². The lowest BCUT2D eigenvalue weighted by Gasteiger charge is -2.31. The Labute approximate surface area is 434 Å². The van der Waals surface area contributed by atoms with Crippen molar-refractivity contribution in [1.29, 1.82) is 0 Å². The quantitative estimate of drug-likeness (QED) is 0.0217. The Kier molecular flexibility index (Phi) is 16.5. The number of pyridine rings is 2. The molecular formula is C53H58FN9O13. The van der Waals surface area contributed by atoms with Gasteiger partial charge in [-0.1, -0.05) is 43.7 Å². The van der Waals surface area contributed by atoms with Gasteiger partial charge in [-0.15, -0.1) is 0 Å². The summed E-state index contributed by atoms with van der Waals surface area (Å²) in [6.45, 7) is 2.45. The summed E-state index contributed by atoms with van der Waals surface area (Å²) in [5.74, 6) is -5.73. The molecule has 7 N–H and O–H groups in total. The summed E-state index contributed by atoms with van der Waals surface area (Å²) >= 11 is 0. The maximum atomic E-state index is 15.4. The van der Waals surface area contributed by atoms with Crippen LogP contribution in [0.1, 0.15) is 97.4 Å². The van der Waals surface area contributed by atoms with Crippen molar-refractivity contribution in [2.45, 2.75) is 103 Å². The number of carbonyl (C=O) groups is 9. The van der Waals surface area contributed by atoms with Crippen molar-refractivity contribution in [2.75, 3.05) is 39.5 Å². The Balaban J connectivity index is 0.800. The molecular weight excluding hydrogens is 990 g/mol. The van der Waals surface area contributed by atoms with Crippen molar-refractivity contribution in [2.24, 2.45) is 0 Å². The first kappa shape index (κ1) is 54.1. The number of hydrogen-bond donors (Lipinski definition) is 7. The van der Waals surface area contributed by atoms with Crippen molar-refractivity contribution >= 4 is 64.1 Å². The number of hydrogen-bond acceptors (Lipinski definition) is 14. The molecule has 3 aliphatic heterocycles. The predicted molar refractivity (Wildman–Crippen MR) is 267 cm³/mol. The van der Waals surface area contributed by atoms with Gasteiger partial charge in [0.15, 0.2) is 5.60 Å². The number of rotatable bonds is 22. The number of esters is 1. The van der Waals surface area contributed by atoms with Crippen molar-refractivity contribution in [3.63, 3.8) is 0 Å². The van der Waals surface area contributed by atoms with E-state index in [9.17, 15) is 53.1 Å². The highest BCUT2D eigenvalue weighted by atomic mass is 19.1. The van der Waals surface area contributed by atoms with E-state index >= 15 is 4.39 Å². The topological polar surface area (TPSA) is 303 Å². The van der Waals surface area contributed by atoms with Crippen molar-refractivity contribution in [3.05, 3.63) is 109 Å². The molecule has 2 aromatic carbocycles. The van der Waals surface area contributed by atoms with Crippen LogP contribution in [-0.2, 0) is 84.2 Å². The van der Waals surface area contributed by atoms with Gasteiger partial charge in [0.05, 0.1) is 54.7 Å². The van der Waals surface area contributed by atoms with Crippen LogP contribution in [-0.4, -0.2) is 118 Å². The molecule has 76 heavy (non-hydrogen) atoms. The number of aliphatic hydroxyl groups is 1. The second kappa shape index (κ2) is 23.2. The fraction of sp³-hybridized carbons (Fsp3) is 0.415. The molecule has 1 unspecified atom stereocenters. The largest absolute Gasteiger partial charge is 0.458 e. The fourth-order valence-electron chi connectivity index (χ4n) is 9.96. The number of cyclic esters (lactones) is 1. The van der Waals surface area contributed by atoms with E-state index in [4.69, 9.17) is 14.5 Å². The van der Waals surface area contributed by atoms with Gasteiger partial charge in [0.2, 0.25) is 35.4 Å². The summed E-state index contributed by atoms with van der Waals surface area (Å²) in [7, 11) is 0. The number of fused-ring (bicyclic) bond motifs is 5. The minimum absolute atomic E-state index is 0.0362. The molecule has 4 aliphatic rings. The Morgan fingerprint density at radius 2 is 1.61 bits per heavy atom. The maximum Gasteiger partial charge on any atom is 0.343 e. The Bertz CT molecular complexity index is 3160. The van der Waals surface area contributed by atoms with Gasteiger partial charge in [-0.05, 0) is 74.3 Å². The predicted octanol–water partition coefficient (Wildman–Crippen LogP) is 0.673. The average Bonchev–Trinajstić information content (AvgIpc) is 3.97. The summed E-state index contributed by atoms with van der Waals surface area (Å²) < 4.78 is 27.5. The number of ether oxygens (including phenoxy) is 2. The summed E-state index contributed by atoms with van der Waals surface area (Å²) in [6.07, 6.45) is 3.69. The summed E-state index contributed by atoms with van der Waals surface area (Å²) in [6, 6.07) is 9.83. The number of benzene rings is 2. The zero-order chi connectivity index (χ0) is 54.4. The first-order valence-electron chi connectivity index (χ1n) is 25.0. The van der Waals surface area contributed by atoms with Crippen molar-refractivity contribution < 1.29 is 62.1 Å². The lowest BCUT2D eigenvalue weighted by molar-refractivity contribution is -0.172. The lowest BCUT2D eigenvalue weighted by Crippen LogP contribution is -2.52. The zero-order valence-corrected chi connectivity index (χ0v) is 42.2. The van der Waals surface area contributed by atoms with E-state index in [1.807, 2.05) is 0 Å². The van der Waals surface area contributed by atoms with Crippen LogP contribution in [0.4, 0.5) is 4.39 Å². The minimum Gasteiger partial charge on any atom is -0.458 e. The number of amides is 8. The Morgan fingerprint density at radius 1 is 0.882 bits per heavy atom. The molecule has 0 saturated heterocycles. The third kappa shape index (κ3) is 11.5. The molecule has 0 spiro atoms. The SMILES string of the molecule is CC[C@@]1(O)C(=O)OCc2c1cc1n(c2=O)Cc2c-1nc1cc(F)c(C)c3c1c2C(NC(=O)COCNC(=O)CNC(=O)[C@H](Cc1ccccc1)NC(=O)CNC(=O)CNC(=O)CCCCCN1C(=O)C=C(C)C1=O)CC3. The van der Waals surface area contributed by atoms with E-state index in [1.54, 1.807) is 57.2 Å². The van der Waals surface area contributed by atoms with Crippen LogP contribution in [0, 0.1) is 12.7 Å². The van der Waals surface area contributed by atoms with Gasteiger partial charge < -0.3 is 51.0 Å². The Morgan fingerprint density at radius 3 is 2.34 bits per heavy atom. The number of halogens is 1. The molecule has 22 nitrogen and oxygen atoms in total. The summed E-state index contributed by atoms with van der Waals surface area (Å²) in [5.41, 5.74) is 2.22. The second-order valence-electron chi connectivity index (χ2n) is 19.1. The molecule has 1 aliphatic carbocycles. The normalized spacial score (nSPS) is 17.4. The number of aryl methyl sites for hydroxylation is 1. The molecule has 23 heteroatoms. The van der Waals surface area contributed by atoms with Gasteiger partial charge in [-0.25, -0.2) is 14.2 Å². The van der Waals surface area contributed by atoms with Crippen LogP contribution in [0.25, 0.3) is 22.3 Å². The number of imide groups is 1. The van der Waals surface area contributed by atoms with E-state index in [-0.39, 0.29) is 61.9 Å². The average molecular weight is 1050 g/mol. The molecule has 8 amide bonds. The second-order valence-corrected chi connectivity index (χ2v) is 19.1. The van der Waals surface area contributed by atoms with Gasteiger partial charge in [0.25, 0.3) is 17.4 Å². The Hall–Kier alpha value is -8.18. The maximum absolute atomic E-state index is 15.4. The molecule has 3 atom stereocenters. The third-order valence-corrected chi connectivity index (χ3v) is 14.0. The van der Waals surface area contributed by atoms with Crippen LogP contribution >= 0.6 is 0 Å². The van der Waals surface area contributed by atoms with Crippen LogP contribution in [0.3, 0.4) is 0 Å². The van der Waals surface area contributed by atoms with E-state index in [2.05, 4.69) is 31.9 Å². The summed E-state index contributed by atoms with van der Waals surface area (Å²) in [5, 5.41) is 27.4. The molecule has 2 aromatic heterocycles. The highest BCUT2D eigenvalue weighted by Gasteiger charge is 2.46. The molecule has 0 bridgehead atoms. The van der Waals surface area contributed by atoms with Crippen LogP contribution in [0.15, 0.2) is 58.9 Å². The standard InChI is InChI=1S/C53H58FN9O13/c1-4-53(74)34-19-39-48-32(24-63(39)51(72)33(34)25-76-52(53)73)47-36(15-14-31-29(3)35(54)20-37(61-48)46(31)47)59-44(68)26-75-27-58-42(66)22-57-49(70)38(18-30-11-7-5-8-12-30)60-43(67)23-56-41(65)21-55-40(64)13-9-6-10-16-62-45(69)17-28(2)50(62)71/h5,7-8,11-12,17,19-20,36,38,74H,4,6,9-10,13-16,18,21-27H2,1-3H3,(H,55,64)(H,56,65)(H,57,70)(H,58,66)(H,59,68)(H,60,67)/t36?,38-,53-/m0/s1. The lowest BCUT2D eigenvalue weighted by atomic mass is 9.81. The van der Waals surface area contributed by atoms with E-state index in [0.717, 1.165) is 10.5 Å². The fourth-order valence-corrected chi connectivity index (χ4v) is 9.96. The highest BCUT2D eigenvalue weighted by Crippen LogP contribution is 2.46. The van der Waals surface area contributed by atoms with E-state index < -0.39 is 103 Å². The smallest absolute Gasteiger partial charge is 0.343 e. The van der Waals surface area contributed by atoms with E-state index in [1.165, 1.54) is 16.7 Å². The van der Waals surface area contributed by atoms with Crippen LogP contribution < -0.4 is 37.5 Å². The van der Waals surface area contributed by atoms with Gasteiger partial charge in [0, 0.05) is 53.6 Å².